The molecular weight excluding hydrogens is 310 g/mol. The third kappa shape index (κ3) is 2.90. The molecule has 0 atom stereocenters. The van der Waals surface area contributed by atoms with E-state index in [0.717, 1.165) is 10.2 Å². The Morgan fingerprint density at radius 2 is 2.16 bits per heavy atom. The second kappa shape index (κ2) is 5.36. The van der Waals surface area contributed by atoms with E-state index in [2.05, 4.69) is 25.9 Å². The smallest absolute Gasteiger partial charge is 0.341 e. The summed E-state index contributed by atoms with van der Waals surface area (Å²) >= 11 is 3.39. The fraction of sp³-hybridized carbons (Fsp3) is 0.154. The van der Waals surface area contributed by atoms with Gasteiger partial charge in [0, 0.05) is 23.4 Å². The number of benzene rings is 1. The highest BCUT2D eigenvalue weighted by Crippen LogP contribution is 2.27. The first-order valence-corrected chi connectivity index (χ1v) is 6.34. The number of rotatable bonds is 3. The van der Waals surface area contributed by atoms with Crippen molar-refractivity contribution in [3.8, 4) is 0 Å². The molecule has 0 fully saturated rings. The van der Waals surface area contributed by atoms with Crippen LogP contribution in [-0.4, -0.2) is 28.1 Å². The molecule has 0 bridgehead atoms. The van der Waals surface area contributed by atoms with Crippen LogP contribution >= 0.6 is 15.9 Å². The minimum atomic E-state index is -1.04. The van der Waals surface area contributed by atoms with Crippen LogP contribution in [-0.2, 0) is 0 Å². The van der Waals surface area contributed by atoms with Crippen molar-refractivity contribution >= 4 is 33.4 Å². The van der Waals surface area contributed by atoms with Gasteiger partial charge < -0.3 is 10.0 Å². The molecule has 5 nitrogen and oxygen atoms in total. The number of carboxylic acids is 1. The van der Waals surface area contributed by atoms with E-state index in [9.17, 15) is 9.90 Å². The van der Waals surface area contributed by atoms with Gasteiger partial charge in [-0.3, -0.25) is 0 Å². The highest BCUT2D eigenvalue weighted by Gasteiger charge is 2.17. The first-order valence-electron chi connectivity index (χ1n) is 5.55. The third-order valence-corrected chi connectivity index (χ3v) is 3.13. The molecule has 19 heavy (non-hydrogen) atoms. The number of halogens is 1. The summed E-state index contributed by atoms with van der Waals surface area (Å²) in [6.45, 7) is 1.73. The lowest BCUT2D eigenvalue weighted by atomic mass is 10.2. The van der Waals surface area contributed by atoms with Crippen LogP contribution in [0.5, 0.6) is 0 Å². The van der Waals surface area contributed by atoms with E-state index < -0.39 is 5.97 Å². The lowest BCUT2D eigenvalue weighted by molar-refractivity contribution is 0.0697. The summed E-state index contributed by atoms with van der Waals surface area (Å²) in [4.78, 5) is 21.1. The van der Waals surface area contributed by atoms with Crippen LogP contribution < -0.4 is 4.90 Å². The highest BCUT2D eigenvalue weighted by atomic mass is 79.9. The number of hydrogen-bond acceptors (Lipinski definition) is 4. The van der Waals surface area contributed by atoms with Gasteiger partial charge in [0.2, 0.25) is 0 Å². The summed E-state index contributed by atoms with van der Waals surface area (Å²) in [5.74, 6) is -0.142. The van der Waals surface area contributed by atoms with Crippen molar-refractivity contribution in [1.82, 2.24) is 9.97 Å². The summed E-state index contributed by atoms with van der Waals surface area (Å²) in [6.07, 6.45) is 1.33. The normalized spacial score (nSPS) is 10.3. The number of nitrogens with zero attached hydrogens (tertiary/aromatic N) is 3. The molecule has 1 aromatic carbocycles. The van der Waals surface area contributed by atoms with Crippen LogP contribution in [0.3, 0.4) is 0 Å². The van der Waals surface area contributed by atoms with E-state index in [-0.39, 0.29) is 5.56 Å². The van der Waals surface area contributed by atoms with Gasteiger partial charge in [-0.05, 0) is 25.1 Å². The molecule has 6 heteroatoms. The number of aryl methyl sites for hydroxylation is 1. The van der Waals surface area contributed by atoms with Gasteiger partial charge in [-0.25, -0.2) is 14.8 Å². The van der Waals surface area contributed by atoms with Crippen molar-refractivity contribution in [1.29, 1.82) is 0 Å². The molecule has 1 N–H and O–H groups in total. The van der Waals surface area contributed by atoms with Gasteiger partial charge in [0.05, 0.1) is 0 Å². The van der Waals surface area contributed by atoms with Crippen molar-refractivity contribution in [3.63, 3.8) is 0 Å². The molecule has 0 radical (unpaired) electrons. The van der Waals surface area contributed by atoms with Gasteiger partial charge in [-0.1, -0.05) is 22.0 Å². The number of aromatic carboxylic acids is 1. The van der Waals surface area contributed by atoms with Gasteiger partial charge in [0.1, 0.15) is 11.4 Å². The third-order valence-electron chi connectivity index (χ3n) is 2.63. The molecule has 0 aliphatic heterocycles. The second-order valence-corrected chi connectivity index (χ2v) is 4.91. The molecule has 0 saturated carbocycles. The zero-order chi connectivity index (χ0) is 14.0. The van der Waals surface area contributed by atoms with E-state index >= 15 is 0 Å². The number of aromatic nitrogens is 2. The summed E-state index contributed by atoms with van der Waals surface area (Å²) < 4.78 is 0.916. The quantitative estimate of drug-likeness (QED) is 0.941. The number of anilines is 2. The Kier molecular flexibility index (Phi) is 3.80. The number of carbonyl (C=O) groups is 1. The Morgan fingerprint density at radius 1 is 1.42 bits per heavy atom. The van der Waals surface area contributed by atoms with Crippen LogP contribution in [0.1, 0.15) is 16.2 Å². The molecule has 0 amide bonds. The average Bonchev–Trinajstić information content (AvgIpc) is 2.37. The minimum Gasteiger partial charge on any atom is -0.477 e. The van der Waals surface area contributed by atoms with Crippen molar-refractivity contribution in [2.45, 2.75) is 6.92 Å². The Labute approximate surface area is 119 Å². The lowest BCUT2D eigenvalue weighted by Gasteiger charge is -2.20. The highest BCUT2D eigenvalue weighted by molar-refractivity contribution is 9.10. The fourth-order valence-corrected chi connectivity index (χ4v) is 2.06. The summed E-state index contributed by atoms with van der Waals surface area (Å²) in [5.41, 5.74) is 0.919. The number of hydrogen-bond donors (Lipinski definition) is 1. The zero-order valence-electron chi connectivity index (χ0n) is 10.5. The van der Waals surface area contributed by atoms with Crippen LogP contribution in [0, 0.1) is 6.92 Å². The van der Waals surface area contributed by atoms with E-state index in [0.29, 0.717) is 11.6 Å². The molecule has 1 heterocycles. The van der Waals surface area contributed by atoms with Crippen molar-refractivity contribution in [2.75, 3.05) is 11.9 Å². The maximum Gasteiger partial charge on any atom is 0.341 e. The first kappa shape index (κ1) is 13.5. The largest absolute Gasteiger partial charge is 0.477 e. The van der Waals surface area contributed by atoms with Crippen molar-refractivity contribution in [2.24, 2.45) is 0 Å². The van der Waals surface area contributed by atoms with E-state index in [1.54, 1.807) is 18.9 Å². The van der Waals surface area contributed by atoms with Gasteiger partial charge in [-0.2, -0.15) is 0 Å². The second-order valence-electron chi connectivity index (χ2n) is 4.00. The molecule has 2 rings (SSSR count). The van der Waals surface area contributed by atoms with Crippen LogP contribution in [0.25, 0.3) is 0 Å². The fourth-order valence-electron chi connectivity index (χ4n) is 1.67. The Balaban J connectivity index is 2.51. The maximum atomic E-state index is 11.2. The Hall–Kier alpha value is -1.95. The summed E-state index contributed by atoms with van der Waals surface area (Å²) in [5, 5.41) is 9.19. The lowest BCUT2D eigenvalue weighted by Crippen LogP contribution is -2.17. The summed E-state index contributed by atoms with van der Waals surface area (Å²) in [6, 6.07) is 7.56. The van der Waals surface area contributed by atoms with Crippen molar-refractivity contribution < 1.29 is 9.90 Å². The van der Waals surface area contributed by atoms with E-state index in [4.69, 9.17) is 0 Å². The molecular formula is C13H12BrN3O2. The molecule has 2 aromatic rings. The van der Waals surface area contributed by atoms with Crippen LogP contribution in [0.15, 0.2) is 34.9 Å². The minimum absolute atomic E-state index is 0.0769. The monoisotopic (exact) mass is 321 g/mol. The molecule has 0 unspecified atom stereocenters. The molecule has 0 aliphatic rings. The molecule has 98 valence electrons. The van der Waals surface area contributed by atoms with Gasteiger partial charge in [0.25, 0.3) is 0 Å². The van der Waals surface area contributed by atoms with Gasteiger partial charge in [0.15, 0.2) is 5.82 Å². The Morgan fingerprint density at radius 3 is 2.79 bits per heavy atom. The SMILES string of the molecule is Cc1ncc(C(=O)O)c(N(C)c2cccc(Br)c2)n1. The molecule has 0 saturated heterocycles. The first-order chi connectivity index (χ1) is 8.99. The van der Waals surface area contributed by atoms with Gasteiger partial charge in [-0.15, -0.1) is 0 Å². The summed E-state index contributed by atoms with van der Waals surface area (Å²) in [7, 11) is 1.77. The number of carboxylic acid groups (broad SMARTS) is 1. The van der Waals surface area contributed by atoms with E-state index in [1.807, 2.05) is 24.3 Å². The Bertz CT molecular complexity index is 631. The predicted molar refractivity (Wildman–Crippen MR) is 75.9 cm³/mol. The van der Waals surface area contributed by atoms with E-state index in [1.165, 1.54) is 6.20 Å². The molecule has 1 aromatic heterocycles. The zero-order valence-corrected chi connectivity index (χ0v) is 12.0. The average molecular weight is 322 g/mol. The van der Waals surface area contributed by atoms with Crippen molar-refractivity contribution in [3.05, 3.63) is 46.3 Å². The van der Waals surface area contributed by atoms with Crippen LogP contribution in [0.2, 0.25) is 0 Å². The standard InChI is InChI=1S/C13H12BrN3O2/c1-8-15-7-11(13(18)19)12(16-8)17(2)10-5-3-4-9(14)6-10/h3-7H,1-2H3,(H,18,19). The molecule has 0 aliphatic carbocycles. The predicted octanol–water partition coefficient (Wildman–Crippen LogP) is 3.01. The van der Waals surface area contributed by atoms with Crippen LogP contribution in [0.4, 0.5) is 11.5 Å². The van der Waals surface area contributed by atoms with Gasteiger partial charge >= 0.3 is 5.97 Å². The maximum absolute atomic E-state index is 11.2. The topological polar surface area (TPSA) is 66.3 Å². The molecule has 0 spiro atoms.